The van der Waals surface area contributed by atoms with Gasteiger partial charge in [-0.2, -0.15) is 0 Å². The lowest BCUT2D eigenvalue weighted by Crippen LogP contribution is -2.28. The summed E-state index contributed by atoms with van der Waals surface area (Å²) < 4.78 is 20.2. The number of rotatable bonds is 4. The predicted molar refractivity (Wildman–Crippen MR) is 75.4 cm³/mol. The highest BCUT2D eigenvalue weighted by molar-refractivity contribution is 9.10. The van der Waals surface area contributed by atoms with Crippen molar-refractivity contribution in [2.45, 2.75) is 19.1 Å². The fraction of sp³-hybridized carbons (Fsp3) is 0.231. The average molecular weight is 330 g/mol. The van der Waals surface area contributed by atoms with E-state index in [4.69, 9.17) is 10.5 Å². The number of thiophene rings is 1. The summed E-state index contributed by atoms with van der Waals surface area (Å²) in [5, 5.41) is 1.95. The minimum atomic E-state index is -0.376. The van der Waals surface area contributed by atoms with Crippen LogP contribution in [-0.2, 0) is 0 Å². The van der Waals surface area contributed by atoms with E-state index >= 15 is 0 Å². The van der Waals surface area contributed by atoms with E-state index in [1.807, 2.05) is 18.4 Å². The molecule has 0 saturated heterocycles. The Hall–Kier alpha value is -0.910. The Morgan fingerprint density at radius 3 is 2.67 bits per heavy atom. The molecular weight excluding hydrogens is 317 g/mol. The summed E-state index contributed by atoms with van der Waals surface area (Å²) in [5.41, 5.74) is 5.92. The monoisotopic (exact) mass is 329 g/mol. The number of ether oxygens (including phenoxy) is 1. The van der Waals surface area contributed by atoms with Crippen LogP contribution in [0.15, 0.2) is 40.2 Å². The largest absolute Gasteiger partial charge is 0.480 e. The Morgan fingerprint density at radius 2 is 2.11 bits per heavy atom. The van der Waals surface area contributed by atoms with E-state index in [0.717, 1.165) is 9.35 Å². The van der Waals surface area contributed by atoms with E-state index in [-0.39, 0.29) is 23.7 Å². The SMILES string of the molecule is CC(N)C(Oc1ccccc1F)c1cc(Br)cs1. The van der Waals surface area contributed by atoms with E-state index in [9.17, 15) is 4.39 Å². The Morgan fingerprint density at radius 1 is 1.39 bits per heavy atom. The first-order valence-corrected chi connectivity index (χ1v) is 7.16. The molecule has 0 radical (unpaired) electrons. The number of nitrogens with two attached hydrogens (primary N) is 1. The van der Waals surface area contributed by atoms with Crippen LogP contribution in [0.25, 0.3) is 0 Å². The van der Waals surface area contributed by atoms with Crippen molar-refractivity contribution < 1.29 is 9.13 Å². The minimum absolute atomic E-state index is 0.226. The lowest BCUT2D eigenvalue weighted by atomic mass is 10.1. The van der Waals surface area contributed by atoms with Gasteiger partial charge >= 0.3 is 0 Å². The zero-order chi connectivity index (χ0) is 13.1. The summed E-state index contributed by atoms with van der Waals surface area (Å²) in [4.78, 5) is 0.972. The van der Waals surface area contributed by atoms with Crippen molar-refractivity contribution in [3.05, 3.63) is 50.9 Å². The van der Waals surface area contributed by atoms with Crippen LogP contribution >= 0.6 is 27.3 Å². The number of hydrogen-bond donors (Lipinski definition) is 1. The maximum atomic E-state index is 13.6. The minimum Gasteiger partial charge on any atom is -0.480 e. The van der Waals surface area contributed by atoms with Crippen LogP contribution in [0, 0.1) is 5.82 Å². The molecule has 1 aromatic carbocycles. The smallest absolute Gasteiger partial charge is 0.165 e. The van der Waals surface area contributed by atoms with E-state index in [0.29, 0.717) is 0 Å². The lowest BCUT2D eigenvalue weighted by Gasteiger charge is -2.21. The molecule has 5 heteroatoms. The van der Waals surface area contributed by atoms with E-state index < -0.39 is 0 Å². The zero-order valence-electron chi connectivity index (χ0n) is 9.77. The predicted octanol–water partition coefficient (Wildman–Crippen LogP) is 4.12. The summed E-state index contributed by atoms with van der Waals surface area (Å²) in [6, 6.07) is 8.06. The fourth-order valence-electron chi connectivity index (χ4n) is 1.58. The Kier molecular flexibility index (Phi) is 4.37. The van der Waals surface area contributed by atoms with Gasteiger partial charge in [0.2, 0.25) is 0 Å². The molecule has 2 atom stereocenters. The van der Waals surface area contributed by atoms with Crippen molar-refractivity contribution in [2.24, 2.45) is 5.73 Å². The van der Waals surface area contributed by atoms with Crippen LogP contribution in [0.1, 0.15) is 17.9 Å². The molecule has 0 amide bonds. The van der Waals surface area contributed by atoms with Gasteiger partial charge in [0.1, 0.15) is 6.10 Å². The van der Waals surface area contributed by atoms with Crippen LogP contribution in [0.2, 0.25) is 0 Å². The van der Waals surface area contributed by atoms with Gasteiger partial charge in [0.05, 0.1) is 0 Å². The van der Waals surface area contributed by atoms with Gasteiger partial charge in [-0.3, -0.25) is 0 Å². The average Bonchev–Trinajstić information content (AvgIpc) is 2.74. The second-order valence-corrected chi connectivity index (χ2v) is 5.85. The van der Waals surface area contributed by atoms with Crippen molar-refractivity contribution >= 4 is 27.3 Å². The topological polar surface area (TPSA) is 35.2 Å². The van der Waals surface area contributed by atoms with E-state index in [1.165, 1.54) is 17.4 Å². The van der Waals surface area contributed by atoms with Crippen LogP contribution in [0.4, 0.5) is 4.39 Å². The molecule has 2 N–H and O–H groups in total. The molecule has 0 saturated carbocycles. The van der Waals surface area contributed by atoms with Crippen LogP contribution < -0.4 is 10.5 Å². The van der Waals surface area contributed by atoms with Crippen molar-refractivity contribution in [1.82, 2.24) is 0 Å². The maximum absolute atomic E-state index is 13.6. The third-order valence-electron chi connectivity index (χ3n) is 2.44. The van der Waals surface area contributed by atoms with Crippen LogP contribution in [-0.4, -0.2) is 6.04 Å². The lowest BCUT2D eigenvalue weighted by molar-refractivity contribution is 0.176. The number of halogens is 2. The van der Waals surface area contributed by atoms with Crippen molar-refractivity contribution in [3.63, 3.8) is 0 Å². The van der Waals surface area contributed by atoms with Gasteiger partial charge in [-0.15, -0.1) is 11.3 Å². The molecule has 0 aliphatic rings. The first kappa shape index (κ1) is 13.5. The zero-order valence-corrected chi connectivity index (χ0v) is 12.2. The molecule has 0 fully saturated rings. The molecule has 1 heterocycles. The van der Waals surface area contributed by atoms with Crippen molar-refractivity contribution in [2.75, 3.05) is 0 Å². The molecule has 18 heavy (non-hydrogen) atoms. The van der Waals surface area contributed by atoms with Crippen molar-refractivity contribution in [1.29, 1.82) is 0 Å². The molecule has 1 aromatic heterocycles. The molecule has 0 spiro atoms. The molecule has 2 unspecified atom stereocenters. The fourth-order valence-corrected chi connectivity index (χ4v) is 3.17. The number of hydrogen-bond acceptors (Lipinski definition) is 3. The number of benzene rings is 1. The third kappa shape index (κ3) is 3.10. The van der Waals surface area contributed by atoms with Gasteiger partial charge in [0.15, 0.2) is 11.6 Å². The molecule has 0 aliphatic carbocycles. The number of para-hydroxylation sites is 1. The molecule has 96 valence electrons. The molecule has 0 bridgehead atoms. The summed E-state index contributed by atoms with van der Waals surface area (Å²) in [5.74, 6) is -0.150. The molecule has 2 aromatic rings. The van der Waals surface area contributed by atoms with Gasteiger partial charge in [0, 0.05) is 20.8 Å². The summed E-state index contributed by atoms with van der Waals surface area (Å²) in [6.45, 7) is 1.85. The first-order chi connectivity index (χ1) is 8.58. The second-order valence-electron chi connectivity index (χ2n) is 4.00. The first-order valence-electron chi connectivity index (χ1n) is 5.48. The van der Waals surface area contributed by atoms with Crippen molar-refractivity contribution in [3.8, 4) is 5.75 Å². The Bertz CT molecular complexity index is 529. The molecule has 2 nitrogen and oxygen atoms in total. The standard InChI is InChI=1S/C13H13BrFNOS/c1-8(16)13(12-6-9(14)7-18-12)17-11-5-3-2-4-10(11)15/h2-8,13H,16H2,1H3. The highest BCUT2D eigenvalue weighted by Crippen LogP contribution is 2.31. The Balaban J connectivity index is 2.25. The van der Waals surface area contributed by atoms with E-state index in [1.54, 1.807) is 18.2 Å². The Labute approximate surface area is 118 Å². The summed E-state index contributed by atoms with van der Waals surface area (Å²) in [6.07, 6.45) is -0.349. The molecular formula is C13H13BrFNOS. The van der Waals surface area contributed by atoms with Gasteiger partial charge < -0.3 is 10.5 Å². The van der Waals surface area contributed by atoms with Gasteiger partial charge in [-0.05, 0) is 41.1 Å². The normalized spacial score (nSPS) is 14.2. The highest BCUT2D eigenvalue weighted by atomic mass is 79.9. The van der Waals surface area contributed by atoms with E-state index in [2.05, 4.69) is 15.9 Å². The van der Waals surface area contributed by atoms with Crippen LogP contribution in [0.3, 0.4) is 0 Å². The molecule has 2 rings (SSSR count). The summed E-state index contributed by atoms with van der Waals surface area (Å²) >= 11 is 4.93. The maximum Gasteiger partial charge on any atom is 0.165 e. The molecule has 0 aliphatic heterocycles. The van der Waals surface area contributed by atoms with Crippen LogP contribution in [0.5, 0.6) is 5.75 Å². The third-order valence-corrected chi connectivity index (χ3v) is 4.19. The summed E-state index contributed by atoms with van der Waals surface area (Å²) in [7, 11) is 0. The quantitative estimate of drug-likeness (QED) is 0.915. The highest BCUT2D eigenvalue weighted by Gasteiger charge is 2.21. The van der Waals surface area contributed by atoms with Gasteiger partial charge in [-0.25, -0.2) is 4.39 Å². The van der Waals surface area contributed by atoms with Gasteiger partial charge in [-0.1, -0.05) is 12.1 Å². The second kappa shape index (κ2) is 5.82. The van der Waals surface area contributed by atoms with Gasteiger partial charge in [0.25, 0.3) is 0 Å².